The van der Waals surface area contributed by atoms with Crippen LogP contribution in [0.5, 0.6) is 11.5 Å². The van der Waals surface area contributed by atoms with E-state index in [2.05, 4.69) is 6.58 Å². The fourth-order valence-corrected chi connectivity index (χ4v) is 1.68. The Balaban J connectivity index is 3.20. The van der Waals surface area contributed by atoms with Gasteiger partial charge in [-0.25, -0.2) is 0 Å². The molecular weight excluding hydrogens is 202 g/mol. The monoisotopic (exact) mass is 221 g/mol. The summed E-state index contributed by atoms with van der Waals surface area (Å²) in [5.41, 5.74) is 7.76. The number of methoxy groups -OCH3 is 2. The van der Waals surface area contributed by atoms with Gasteiger partial charge in [0.25, 0.3) is 0 Å². The zero-order valence-corrected chi connectivity index (χ0v) is 10.1. The highest BCUT2D eigenvalue weighted by Crippen LogP contribution is 2.31. The first kappa shape index (κ1) is 12.6. The molecule has 88 valence electrons. The Morgan fingerprint density at radius 3 is 2.12 bits per heavy atom. The molecule has 1 aromatic rings. The van der Waals surface area contributed by atoms with E-state index in [0.717, 1.165) is 29.0 Å². The second-order valence-electron chi connectivity index (χ2n) is 3.80. The molecule has 0 aliphatic rings. The fraction of sp³-hybridized carbons (Fsp3) is 0.385. The zero-order valence-electron chi connectivity index (χ0n) is 10.1. The molecular formula is C13H19NO2. The van der Waals surface area contributed by atoms with Crippen molar-refractivity contribution in [3.05, 3.63) is 29.8 Å². The lowest BCUT2D eigenvalue weighted by molar-refractivity contribution is 0.391. The second kappa shape index (κ2) is 5.56. The topological polar surface area (TPSA) is 44.5 Å². The van der Waals surface area contributed by atoms with Gasteiger partial charge in [0.15, 0.2) is 0 Å². The van der Waals surface area contributed by atoms with E-state index in [9.17, 15) is 0 Å². The van der Waals surface area contributed by atoms with Crippen LogP contribution in [0.15, 0.2) is 18.7 Å². The summed E-state index contributed by atoms with van der Waals surface area (Å²) in [6, 6.07) is 4.06. The number of benzene rings is 1. The van der Waals surface area contributed by atoms with Gasteiger partial charge in [-0.2, -0.15) is 0 Å². The Bertz CT molecular complexity index is 347. The lowest BCUT2D eigenvalue weighted by Gasteiger charge is -2.14. The molecule has 0 aromatic heterocycles. The van der Waals surface area contributed by atoms with Crippen LogP contribution in [-0.4, -0.2) is 20.3 Å². The van der Waals surface area contributed by atoms with Gasteiger partial charge in [0.2, 0.25) is 0 Å². The maximum absolute atomic E-state index is 5.78. The molecule has 1 rings (SSSR count). The van der Waals surface area contributed by atoms with Gasteiger partial charge in [-0.05, 0) is 31.0 Å². The molecule has 3 heteroatoms. The summed E-state index contributed by atoms with van der Waals surface area (Å²) in [6.45, 7) is 5.73. The van der Waals surface area contributed by atoms with Crippen molar-refractivity contribution in [1.82, 2.24) is 0 Å². The van der Waals surface area contributed by atoms with Crippen LogP contribution in [0.4, 0.5) is 0 Å². The van der Waals surface area contributed by atoms with Crippen molar-refractivity contribution >= 4 is 6.08 Å². The van der Waals surface area contributed by atoms with Gasteiger partial charge in [0.05, 0.1) is 19.8 Å². The van der Waals surface area contributed by atoms with E-state index >= 15 is 0 Å². The molecule has 2 N–H and O–H groups in total. The van der Waals surface area contributed by atoms with Crippen LogP contribution in [0.25, 0.3) is 6.08 Å². The zero-order chi connectivity index (χ0) is 12.1. The van der Waals surface area contributed by atoms with E-state index in [-0.39, 0.29) is 6.04 Å². The molecule has 0 saturated heterocycles. The van der Waals surface area contributed by atoms with E-state index in [1.165, 1.54) is 0 Å². The van der Waals surface area contributed by atoms with Gasteiger partial charge in [-0.3, -0.25) is 0 Å². The molecule has 3 nitrogen and oxygen atoms in total. The maximum Gasteiger partial charge on any atom is 0.130 e. The Hall–Kier alpha value is -1.48. The molecule has 0 aliphatic heterocycles. The van der Waals surface area contributed by atoms with Crippen LogP contribution < -0.4 is 15.2 Å². The molecule has 0 fully saturated rings. The first-order valence-corrected chi connectivity index (χ1v) is 5.25. The van der Waals surface area contributed by atoms with Crippen molar-refractivity contribution in [2.45, 2.75) is 19.4 Å². The van der Waals surface area contributed by atoms with Gasteiger partial charge >= 0.3 is 0 Å². The SMILES string of the molecule is C=Cc1c(OC)cc(CC(C)N)cc1OC. The van der Waals surface area contributed by atoms with Gasteiger partial charge < -0.3 is 15.2 Å². The number of rotatable bonds is 5. The molecule has 0 bridgehead atoms. The minimum Gasteiger partial charge on any atom is -0.496 e. The van der Waals surface area contributed by atoms with Crippen molar-refractivity contribution in [3.63, 3.8) is 0 Å². The van der Waals surface area contributed by atoms with E-state index in [1.54, 1.807) is 20.3 Å². The molecule has 1 atom stereocenters. The summed E-state index contributed by atoms with van der Waals surface area (Å²) >= 11 is 0. The molecule has 16 heavy (non-hydrogen) atoms. The third-order valence-electron chi connectivity index (χ3n) is 2.37. The summed E-state index contributed by atoms with van der Waals surface area (Å²) in [5.74, 6) is 1.54. The average Bonchev–Trinajstić information content (AvgIpc) is 2.26. The Labute approximate surface area is 96.9 Å². The fourth-order valence-electron chi connectivity index (χ4n) is 1.68. The van der Waals surface area contributed by atoms with Crippen LogP contribution in [0, 0.1) is 0 Å². The molecule has 0 spiro atoms. The highest BCUT2D eigenvalue weighted by Gasteiger charge is 2.10. The first-order valence-electron chi connectivity index (χ1n) is 5.25. The summed E-state index contributed by atoms with van der Waals surface area (Å²) < 4.78 is 10.6. The molecule has 0 saturated carbocycles. The molecule has 1 unspecified atom stereocenters. The minimum atomic E-state index is 0.115. The number of hydrogen-bond acceptors (Lipinski definition) is 3. The average molecular weight is 221 g/mol. The molecule has 0 radical (unpaired) electrons. The van der Waals surface area contributed by atoms with Crippen LogP contribution in [0.3, 0.4) is 0 Å². The quantitative estimate of drug-likeness (QED) is 0.829. The van der Waals surface area contributed by atoms with Gasteiger partial charge in [-0.1, -0.05) is 12.7 Å². The van der Waals surface area contributed by atoms with E-state index in [0.29, 0.717) is 0 Å². The molecule has 1 aromatic carbocycles. The smallest absolute Gasteiger partial charge is 0.130 e. The highest BCUT2D eigenvalue weighted by molar-refractivity contribution is 5.64. The Morgan fingerprint density at radius 2 is 1.81 bits per heavy atom. The van der Waals surface area contributed by atoms with Crippen molar-refractivity contribution in [1.29, 1.82) is 0 Å². The maximum atomic E-state index is 5.78. The largest absolute Gasteiger partial charge is 0.496 e. The predicted molar refractivity (Wildman–Crippen MR) is 67.0 cm³/mol. The van der Waals surface area contributed by atoms with Gasteiger partial charge in [0.1, 0.15) is 11.5 Å². The molecule has 0 amide bonds. The van der Waals surface area contributed by atoms with Crippen molar-refractivity contribution in [2.75, 3.05) is 14.2 Å². The predicted octanol–water partition coefficient (Wildman–Crippen LogP) is 2.24. The summed E-state index contributed by atoms with van der Waals surface area (Å²) in [6.07, 6.45) is 2.53. The second-order valence-corrected chi connectivity index (χ2v) is 3.80. The summed E-state index contributed by atoms with van der Waals surface area (Å²) in [4.78, 5) is 0. The van der Waals surface area contributed by atoms with Crippen molar-refractivity contribution < 1.29 is 9.47 Å². The van der Waals surface area contributed by atoms with E-state index in [4.69, 9.17) is 15.2 Å². The highest BCUT2D eigenvalue weighted by atomic mass is 16.5. The number of hydrogen-bond donors (Lipinski definition) is 1. The lowest BCUT2D eigenvalue weighted by Crippen LogP contribution is -2.17. The Morgan fingerprint density at radius 1 is 1.31 bits per heavy atom. The number of ether oxygens (including phenoxy) is 2. The van der Waals surface area contributed by atoms with Crippen molar-refractivity contribution in [2.24, 2.45) is 5.73 Å². The van der Waals surface area contributed by atoms with Gasteiger partial charge in [0, 0.05) is 6.04 Å². The van der Waals surface area contributed by atoms with Crippen LogP contribution in [-0.2, 0) is 6.42 Å². The van der Waals surface area contributed by atoms with E-state index < -0.39 is 0 Å². The van der Waals surface area contributed by atoms with E-state index in [1.807, 2.05) is 19.1 Å². The number of nitrogens with two attached hydrogens (primary N) is 1. The van der Waals surface area contributed by atoms with Gasteiger partial charge in [-0.15, -0.1) is 0 Å². The van der Waals surface area contributed by atoms with Crippen LogP contribution >= 0.6 is 0 Å². The standard InChI is InChI=1S/C13H19NO2/c1-5-11-12(15-3)7-10(6-9(2)14)8-13(11)16-4/h5,7-9H,1,6,14H2,2-4H3. The minimum absolute atomic E-state index is 0.115. The summed E-state index contributed by atoms with van der Waals surface area (Å²) in [5, 5.41) is 0. The van der Waals surface area contributed by atoms with Crippen LogP contribution in [0.2, 0.25) is 0 Å². The lowest BCUT2D eigenvalue weighted by atomic mass is 10.0. The first-order chi connectivity index (χ1) is 7.62. The molecule has 0 heterocycles. The van der Waals surface area contributed by atoms with Crippen molar-refractivity contribution in [3.8, 4) is 11.5 Å². The Kier molecular flexibility index (Phi) is 4.38. The third kappa shape index (κ3) is 2.76. The third-order valence-corrected chi connectivity index (χ3v) is 2.37. The summed E-state index contributed by atoms with van der Waals surface area (Å²) in [7, 11) is 3.27. The normalized spacial score (nSPS) is 12.0. The van der Waals surface area contributed by atoms with Crippen LogP contribution in [0.1, 0.15) is 18.1 Å². The molecule has 0 aliphatic carbocycles.